The molecule has 0 aliphatic heterocycles. The number of halogens is 3. The van der Waals surface area contributed by atoms with E-state index in [0.717, 1.165) is 31.7 Å². The van der Waals surface area contributed by atoms with Gasteiger partial charge in [0, 0.05) is 6.92 Å². The average molecular weight is 371 g/mol. The van der Waals surface area contributed by atoms with Crippen molar-refractivity contribution in [3.05, 3.63) is 29.6 Å². The van der Waals surface area contributed by atoms with Crippen LogP contribution in [0.2, 0.25) is 0 Å². The second-order valence-corrected chi connectivity index (χ2v) is 6.21. The smallest absolute Gasteiger partial charge is 0.243 e. The maximum atomic E-state index is 13.5. The van der Waals surface area contributed by atoms with Gasteiger partial charge in [-0.2, -0.15) is 0 Å². The minimum Gasteiger partial charge on any atom is -0.345 e. The first-order chi connectivity index (χ1) is 12.3. The van der Waals surface area contributed by atoms with Gasteiger partial charge in [-0.05, 0) is 30.9 Å². The molecular formula is C17H20F3N3O3. The summed E-state index contributed by atoms with van der Waals surface area (Å²) in [5.41, 5.74) is -0.530. The average Bonchev–Trinajstić information content (AvgIpc) is 3.12. The van der Waals surface area contributed by atoms with Crippen molar-refractivity contribution in [2.45, 2.75) is 38.6 Å². The summed E-state index contributed by atoms with van der Waals surface area (Å²) in [5, 5.41) is 7.02. The standard InChI is InChI=1S/C17H20F3N3O3/c1-9(24)22-16(10-4-2-3-5-10)17(26)21-8-13(25)23-12-7-6-11(18)14(19)15(12)20/h6-7,10,16H,2-5,8H2,1H3,(H,21,26)(H,22,24)(H,23,25). The van der Waals surface area contributed by atoms with Gasteiger partial charge in [0.2, 0.25) is 17.7 Å². The number of hydrogen-bond acceptors (Lipinski definition) is 3. The highest BCUT2D eigenvalue weighted by Gasteiger charge is 2.31. The van der Waals surface area contributed by atoms with Gasteiger partial charge in [-0.25, -0.2) is 13.2 Å². The quantitative estimate of drug-likeness (QED) is 0.667. The third-order valence-electron chi connectivity index (χ3n) is 4.24. The molecule has 0 radical (unpaired) electrons. The van der Waals surface area contributed by atoms with E-state index in [0.29, 0.717) is 6.07 Å². The molecule has 1 aromatic rings. The Morgan fingerprint density at radius 2 is 1.77 bits per heavy atom. The van der Waals surface area contributed by atoms with Crippen molar-refractivity contribution < 1.29 is 27.6 Å². The number of rotatable bonds is 6. The number of nitrogens with one attached hydrogen (secondary N) is 3. The van der Waals surface area contributed by atoms with Gasteiger partial charge in [-0.15, -0.1) is 0 Å². The molecule has 1 aliphatic rings. The van der Waals surface area contributed by atoms with Crippen molar-refractivity contribution in [2.24, 2.45) is 5.92 Å². The molecule has 0 spiro atoms. The number of hydrogen-bond donors (Lipinski definition) is 3. The highest BCUT2D eigenvalue weighted by molar-refractivity contribution is 5.96. The minimum absolute atomic E-state index is 0.00870. The van der Waals surface area contributed by atoms with Crippen molar-refractivity contribution in [3.63, 3.8) is 0 Å². The van der Waals surface area contributed by atoms with E-state index in [9.17, 15) is 27.6 Å². The first kappa shape index (κ1) is 19.7. The van der Waals surface area contributed by atoms with Crippen LogP contribution in [0.15, 0.2) is 12.1 Å². The molecule has 9 heteroatoms. The van der Waals surface area contributed by atoms with E-state index in [2.05, 4.69) is 16.0 Å². The zero-order chi connectivity index (χ0) is 19.3. The Balaban J connectivity index is 1.93. The van der Waals surface area contributed by atoms with Crippen LogP contribution in [-0.2, 0) is 14.4 Å². The minimum atomic E-state index is -1.70. The Morgan fingerprint density at radius 3 is 2.38 bits per heavy atom. The SMILES string of the molecule is CC(=O)NC(C(=O)NCC(=O)Nc1ccc(F)c(F)c1F)C1CCCC1. The van der Waals surface area contributed by atoms with Gasteiger partial charge in [-0.1, -0.05) is 12.8 Å². The molecule has 1 atom stereocenters. The van der Waals surface area contributed by atoms with Crippen LogP contribution in [0.25, 0.3) is 0 Å². The van der Waals surface area contributed by atoms with Gasteiger partial charge in [0.1, 0.15) is 6.04 Å². The predicted octanol–water partition coefficient (Wildman–Crippen LogP) is 1.85. The van der Waals surface area contributed by atoms with Crippen LogP contribution >= 0.6 is 0 Å². The van der Waals surface area contributed by atoms with E-state index >= 15 is 0 Å². The van der Waals surface area contributed by atoms with Crippen molar-refractivity contribution in [1.82, 2.24) is 10.6 Å². The molecule has 1 fully saturated rings. The lowest BCUT2D eigenvalue weighted by molar-refractivity contribution is -0.130. The third-order valence-corrected chi connectivity index (χ3v) is 4.24. The molecule has 142 valence electrons. The molecule has 0 aromatic heterocycles. The molecule has 1 unspecified atom stereocenters. The van der Waals surface area contributed by atoms with E-state index in [1.165, 1.54) is 6.92 Å². The summed E-state index contributed by atoms with van der Waals surface area (Å²) < 4.78 is 39.6. The lowest BCUT2D eigenvalue weighted by atomic mass is 9.97. The third kappa shape index (κ3) is 4.96. The van der Waals surface area contributed by atoms with Crippen LogP contribution in [0.3, 0.4) is 0 Å². The highest BCUT2D eigenvalue weighted by atomic mass is 19.2. The zero-order valence-electron chi connectivity index (χ0n) is 14.2. The first-order valence-corrected chi connectivity index (χ1v) is 8.27. The number of carbonyl (C=O) groups excluding carboxylic acids is 3. The summed E-state index contributed by atoms with van der Waals surface area (Å²) in [6, 6.07) is 0.814. The van der Waals surface area contributed by atoms with E-state index in [4.69, 9.17) is 0 Å². The molecule has 26 heavy (non-hydrogen) atoms. The molecule has 1 aromatic carbocycles. The van der Waals surface area contributed by atoms with Gasteiger partial charge in [0.15, 0.2) is 17.5 Å². The van der Waals surface area contributed by atoms with Crippen LogP contribution in [0.4, 0.5) is 18.9 Å². The summed E-state index contributed by atoms with van der Waals surface area (Å²) in [7, 11) is 0. The first-order valence-electron chi connectivity index (χ1n) is 8.27. The Bertz CT molecular complexity index is 706. The van der Waals surface area contributed by atoms with E-state index in [-0.39, 0.29) is 11.8 Å². The zero-order valence-corrected chi connectivity index (χ0v) is 14.2. The molecule has 3 amide bonds. The number of amides is 3. The van der Waals surface area contributed by atoms with Crippen molar-refractivity contribution in [1.29, 1.82) is 0 Å². The van der Waals surface area contributed by atoms with Gasteiger partial charge in [0.25, 0.3) is 0 Å². The van der Waals surface area contributed by atoms with Crippen LogP contribution in [0.1, 0.15) is 32.6 Å². The fourth-order valence-electron chi connectivity index (χ4n) is 3.00. The molecule has 0 heterocycles. The number of carbonyl (C=O) groups is 3. The molecule has 2 rings (SSSR count). The fourth-order valence-corrected chi connectivity index (χ4v) is 3.00. The monoisotopic (exact) mass is 371 g/mol. The van der Waals surface area contributed by atoms with Gasteiger partial charge < -0.3 is 16.0 Å². The summed E-state index contributed by atoms with van der Waals surface area (Å²) in [6.45, 7) is 0.799. The molecule has 3 N–H and O–H groups in total. The van der Waals surface area contributed by atoms with Gasteiger partial charge in [-0.3, -0.25) is 14.4 Å². The van der Waals surface area contributed by atoms with E-state index in [1.807, 2.05) is 0 Å². The van der Waals surface area contributed by atoms with E-state index < -0.39 is 47.5 Å². The second-order valence-electron chi connectivity index (χ2n) is 6.21. The summed E-state index contributed by atoms with van der Waals surface area (Å²) in [5.74, 6) is -6.28. The summed E-state index contributed by atoms with van der Waals surface area (Å²) >= 11 is 0. The maximum Gasteiger partial charge on any atom is 0.243 e. The van der Waals surface area contributed by atoms with Crippen LogP contribution in [-0.4, -0.2) is 30.3 Å². The predicted molar refractivity (Wildman–Crippen MR) is 87.5 cm³/mol. The molecular weight excluding hydrogens is 351 g/mol. The van der Waals surface area contributed by atoms with Crippen molar-refractivity contribution >= 4 is 23.4 Å². The molecule has 6 nitrogen and oxygen atoms in total. The Morgan fingerprint density at radius 1 is 1.12 bits per heavy atom. The largest absolute Gasteiger partial charge is 0.345 e. The lowest BCUT2D eigenvalue weighted by Gasteiger charge is -2.23. The van der Waals surface area contributed by atoms with E-state index in [1.54, 1.807) is 0 Å². The summed E-state index contributed by atoms with van der Waals surface area (Å²) in [4.78, 5) is 35.4. The molecule has 1 aliphatic carbocycles. The Kier molecular flexibility index (Phi) is 6.59. The number of benzene rings is 1. The van der Waals surface area contributed by atoms with Gasteiger partial charge >= 0.3 is 0 Å². The van der Waals surface area contributed by atoms with Crippen LogP contribution in [0.5, 0.6) is 0 Å². The highest BCUT2D eigenvalue weighted by Crippen LogP contribution is 2.28. The second kappa shape index (κ2) is 8.68. The number of anilines is 1. The van der Waals surface area contributed by atoms with Gasteiger partial charge in [0.05, 0.1) is 12.2 Å². The Labute approximate surface area is 148 Å². The molecule has 0 saturated heterocycles. The lowest BCUT2D eigenvalue weighted by Crippen LogP contribution is -2.51. The van der Waals surface area contributed by atoms with Crippen LogP contribution in [0, 0.1) is 23.4 Å². The van der Waals surface area contributed by atoms with Crippen molar-refractivity contribution in [2.75, 3.05) is 11.9 Å². The maximum absolute atomic E-state index is 13.5. The van der Waals surface area contributed by atoms with Crippen LogP contribution < -0.4 is 16.0 Å². The fraction of sp³-hybridized carbons (Fsp3) is 0.471. The molecule has 0 bridgehead atoms. The Hall–Kier alpha value is -2.58. The normalized spacial score (nSPS) is 15.4. The summed E-state index contributed by atoms with van der Waals surface area (Å²) in [6.07, 6.45) is 3.52. The topological polar surface area (TPSA) is 87.3 Å². The van der Waals surface area contributed by atoms with Crippen molar-refractivity contribution in [3.8, 4) is 0 Å². The molecule has 1 saturated carbocycles.